The Hall–Kier alpha value is 4.16. The first-order chi connectivity index (χ1) is 2.00. The van der Waals surface area contributed by atoms with Crippen molar-refractivity contribution in [2.24, 2.45) is 0 Å². The Bertz CT molecular complexity index is 27.2. The summed E-state index contributed by atoms with van der Waals surface area (Å²) in [5, 5.41) is 0. The van der Waals surface area contributed by atoms with Crippen LogP contribution in [0.4, 0.5) is 0 Å². The van der Waals surface area contributed by atoms with Crippen molar-refractivity contribution in [2.75, 3.05) is 0 Å². The third-order valence-electron chi connectivity index (χ3n) is 0. The number of halogens is 5. The zero-order chi connectivity index (χ0) is 4.50. The van der Waals surface area contributed by atoms with Gasteiger partial charge in [0.25, 0.3) is 0 Å². The molecule has 0 aliphatic carbocycles. The van der Waals surface area contributed by atoms with Gasteiger partial charge in [-0.25, -0.2) is 0 Å². The second-order valence-corrected chi connectivity index (χ2v) is 22.3. The second kappa shape index (κ2) is 8.26. The van der Waals surface area contributed by atoms with Crippen LogP contribution in [0.15, 0.2) is 0 Å². The minimum atomic E-state index is -3.17. The van der Waals surface area contributed by atoms with Crippen LogP contribution in [0, 0.1) is 0 Å². The zero-order valence-electron chi connectivity index (χ0n) is 3.24. The monoisotopic (exact) mass is 498 g/mol. The van der Waals surface area contributed by atoms with Gasteiger partial charge >= 0.3 is 101 Å². The molecule has 0 amide bonds. The molecule has 0 aliphatic rings. The molecule has 0 nitrogen and oxygen atoms in total. The second-order valence-electron chi connectivity index (χ2n) is 0.303. The minimum Gasteiger partial charge on any atom is -1.00 e. The molecule has 0 aromatic heterocycles. The van der Waals surface area contributed by atoms with E-state index >= 15 is 0 Å². The van der Waals surface area contributed by atoms with E-state index < -0.39 is 11.0 Å². The SMILES string of the molecule is [Cl][Os]([Cl])([Cl])[Cl].[I-].[K+]. The van der Waals surface area contributed by atoms with Gasteiger partial charge in [-0.1, -0.05) is 0 Å². The van der Waals surface area contributed by atoms with Crippen LogP contribution in [0.2, 0.25) is 0 Å². The van der Waals surface area contributed by atoms with E-state index in [1.807, 2.05) is 0 Å². The van der Waals surface area contributed by atoms with Crippen molar-refractivity contribution in [2.45, 2.75) is 0 Å². The van der Waals surface area contributed by atoms with Gasteiger partial charge in [0.1, 0.15) is 0 Å². The van der Waals surface area contributed by atoms with Crippen LogP contribution < -0.4 is 75.4 Å². The Morgan fingerprint density at radius 2 is 0.857 bits per heavy atom. The normalized spacial score (nSPS) is 10.9. The molecule has 0 aliphatic heterocycles. The number of hydrogen-bond acceptors (Lipinski definition) is 0. The summed E-state index contributed by atoms with van der Waals surface area (Å²) in [4.78, 5) is 0. The summed E-state index contributed by atoms with van der Waals surface area (Å²) in [5.41, 5.74) is 0. The molecule has 0 unspecified atom stereocenters. The summed E-state index contributed by atoms with van der Waals surface area (Å²) < 4.78 is 0. The van der Waals surface area contributed by atoms with E-state index in [9.17, 15) is 0 Å². The van der Waals surface area contributed by atoms with Crippen molar-refractivity contribution in [3.8, 4) is 0 Å². The predicted octanol–water partition coefficient (Wildman–Crippen LogP) is -3.24. The van der Waals surface area contributed by atoms with Crippen molar-refractivity contribution in [1.29, 1.82) is 0 Å². The molecular weight excluding hydrogens is 498 g/mol. The van der Waals surface area contributed by atoms with Crippen molar-refractivity contribution in [3.63, 3.8) is 0 Å². The molecular formula is Cl4IKOs. The van der Waals surface area contributed by atoms with Crippen LogP contribution in [0.1, 0.15) is 0 Å². The molecule has 0 rings (SSSR count). The van der Waals surface area contributed by atoms with E-state index in [2.05, 4.69) is 0 Å². The summed E-state index contributed by atoms with van der Waals surface area (Å²) in [6, 6.07) is 0. The molecule has 0 radical (unpaired) electrons. The van der Waals surface area contributed by atoms with Gasteiger partial charge < -0.3 is 24.0 Å². The van der Waals surface area contributed by atoms with Crippen molar-refractivity contribution >= 4 is 38.6 Å². The van der Waals surface area contributed by atoms with Crippen LogP contribution in [0.5, 0.6) is 0 Å². The predicted molar refractivity (Wildman–Crippen MR) is 23.4 cm³/mol. The summed E-state index contributed by atoms with van der Waals surface area (Å²) in [5.74, 6) is 0. The van der Waals surface area contributed by atoms with E-state index in [4.69, 9.17) is 38.6 Å². The fourth-order valence-electron chi connectivity index (χ4n) is 0. The standard InChI is InChI=1S/4ClH.HI.K.Os/h5*1H;;/q;;;;;+1;+4/p-5. The summed E-state index contributed by atoms with van der Waals surface area (Å²) in [6.07, 6.45) is 0. The van der Waals surface area contributed by atoms with E-state index in [1.165, 1.54) is 0 Å². The Balaban J connectivity index is -0.0000000800. The Kier molecular flexibility index (Phi) is 20.4. The quantitative estimate of drug-likeness (QED) is 0.244. The average molecular weight is 498 g/mol. The molecule has 7 heavy (non-hydrogen) atoms. The largest absolute Gasteiger partial charge is 1.00 e. The van der Waals surface area contributed by atoms with Crippen molar-refractivity contribution < 1.29 is 86.4 Å². The summed E-state index contributed by atoms with van der Waals surface area (Å²) >= 11 is -3.17. The zero-order valence-corrected chi connectivity index (χ0v) is 14.1. The number of rotatable bonds is 0. The van der Waals surface area contributed by atoms with Gasteiger partial charge in [-0.3, -0.25) is 0 Å². The molecule has 0 fully saturated rings. The first-order valence-corrected chi connectivity index (χ1v) is 13.1. The van der Waals surface area contributed by atoms with Gasteiger partial charge in [-0.2, -0.15) is 0 Å². The maximum atomic E-state index is 5.02. The van der Waals surface area contributed by atoms with Gasteiger partial charge in [-0.05, 0) is 0 Å². The third kappa shape index (κ3) is 39.1. The summed E-state index contributed by atoms with van der Waals surface area (Å²) in [6.45, 7) is 0. The molecule has 0 heterocycles. The Morgan fingerprint density at radius 1 is 0.857 bits per heavy atom. The summed E-state index contributed by atoms with van der Waals surface area (Å²) in [7, 11) is 20.1. The van der Waals surface area contributed by atoms with Crippen molar-refractivity contribution in [1.82, 2.24) is 0 Å². The van der Waals surface area contributed by atoms with Crippen LogP contribution in [-0.2, 0) is 11.0 Å². The van der Waals surface area contributed by atoms with Crippen LogP contribution in [0.25, 0.3) is 0 Å². The third-order valence-corrected chi connectivity index (χ3v) is 0. The smallest absolute Gasteiger partial charge is 1.00 e. The van der Waals surface area contributed by atoms with E-state index in [0.717, 1.165) is 0 Å². The van der Waals surface area contributed by atoms with Crippen LogP contribution in [-0.4, -0.2) is 0 Å². The topological polar surface area (TPSA) is 0 Å². The van der Waals surface area contributed by atoms with Gasteiger partial charge in [0.05, 0.1) is 0 Å². The maximum absolute atomic E-state index is 5.02. The molecule has 7 heteroatoms. The molecule has 0 bridgehead atoms. The molecule has 0 spiro atoms. The average Bonchev–Trinajstić information content (AvgIpc) is 0.722. The fourth-order valence-corrected chi connectivity index (χ4v) is 0. The molecule has 44 valence electrons. The Labute approximate surface area is 121 Å². The van der Waals surface area contributed by atoms with Crippen LogP contribution >= 0.6 is 38.6 Å². The molecule has 0 saturated heterocycles. The molecule has 0 atom stereocenters. The maximum Gasteiger partial charge on any atom is 1.00 e. The number of hydrogen-bond donors (Lipinski definition) is 0. The van der Waals surface area contributed by atoms with Gasteiger partial charge in [-0.15, -0.1) is 0 Å². The molecule has 0 N–H and O–H groups in total. The molecule has 0 aromatic carbocycles. The van der Waals surface area contributed by atoms with Crippen molar-refractivity contribution in [3.05, 3.63) is 0 Å². The van der Waals surface area contributed by atoms with Gasteiger partial charge in [0, 0.05) is 0 Å². The van der Waals surface area contributed by atoms with E-state index in [-0.39, 0.29) is 75.4 Å². The van der Waals surface area contributed by atoms with Gasteiger partial charge in [0.2, 0.25) is 0 Å². The minimum absolute atomic E-state index is 0. The fraction of sp³-hybridized carbons (Fsp3) is 0. The first kappa shape index (κ1) is 17.3. The van der Waals surface area contributed by atoms with Crippen LogP contribution in [0.3, 0.4) is 0 Å². The Morgan fingerprint density at radius 3 is 0.857 bits per heavy atom. The molecule has 0 aromatic rings. The van der Waals surface area contributed by atoms with E-state index in [0.29, 0.717) is 0 Å². The van der Waals surface area contributed by atoms with Gasteiger partial charge in [0.15, 0.2) is 0 Å². The molecule has 0 saturated carbocycles. The first-order valence-electron chi connectivity index (χ1n) is 0.535. The van der Waals surface area contributed by atoms with E-state index in [1.54, 1.807) is 0 Å².